The zero-order valence-corrected chi connectivity index (χ0v) is 6.35. The quantitative estimate of drug-likeness (QED) is 0.633. The van der Waals surface area contributed by atoms with Gasteiger partial charge in [-0.05, 0) is 11.6 Å². The Morgan fingerprint density at radius 2 is 2.27 bits per heavy atom. The largest absolute Gasteiger partial charge is 0.280 e. The van der Waals surface area contributed by atoms with Crippen LogP contribution in [0.15, 0.2) is 18.3 Å². The molecule has 1 nitrogen and oxygen atoms in total. The lowest BCUT2D eigenvalue weighted by molar-refractivity contribution is 0.145. The van der Waals surface area contributed by atoms with E-state index in [-0.39, 0.29) is 11.6 Å². The second-order valence-electron chi connectivity index (χ2n) is 1.98. The van der Waals surface area contributed by atoms with Crippen molar-refractivity contribution in [3.8, 4) is 0 Å². The normalized spacial score (nSPS) is 10.5. The molecule has 1 rings (SSSR count). The summed E-state index contributed by atoms with van der Waals surface area (Å²) in [7, 11) is 0. The SMILES string of the molecule is FC(F)c1ncccc1CCl. The fraction of sp³-hybridized carbons (Fsp3) is 0.286. The van der Waals surface area contributed by atoms with Crippen LogP contribution in [0.5, 0.6) is 0 Å². The Hall–Kier alpha value is -0.700. The third-order valence-corrected chi connectivity index (χ3v) is 1.56. The van der Waals surface area contributed by atoms with Gasteiger partial charge in [0.15, 0.2) is 0 Å². The Kier molecular flexibility index (Phi) is 2.76. The Bertz CT molecular complexity index is 240. The molecule has 0 amide bonds. The van der Waals surface area contributed by atoms with Gasteiger partial charge in [0.25, 0.3) is 6.43 Å². The maximum Gasteiger partial charge on any atom is 0.280 e. The van der Waals surface area contributed by atoms with Gasteiger partial charge < -0.3 is 0 Å². The van der Waals surface area contributed by atoms with E-state index in [2.05, 4.69) is 4.98 Å². The molecule has 0 fully saturated rings. The van der Waals surface area contributed by atoms with Crippen LogP contribution in [0.1, 0.15) is 17.7 Å². The lowest BCUT2D eigenvalue weighted by atomic mass is 10.2. The number of halogens is 3. The zero-order valence-electron chi connectivity index (χ0n) is 5.60. The van der Waals surface area contributed by atoms with Crippen molar-refractivity contribution >= 4 is 11.6 Å². The maximum atomic E-state index is 12.1. The first kappa shape index (κ1) is 8.40. The van der Waals surface area contributed by atoms with Crippen LogP contribution in [0.3, 0.4) is 0 Å². The molecule has 0 aliphatic rings. The second-order valence-corrected chi connectivity index (χ2v) is 2.25. The number of hydrogen-bond acceptors (Lipinski definition) is 1. The highest BCUT2D eigenvalue weighted by atomic mass is 35.5. The summed E-state index contributed by atoms with van der Waals surface area (Å²) in [5.74, 6) is 0.0769. The molecule has 1 heterocycles. The minimum Gasteiger partial charge on any atom is -0.255 e. The number of alkyl halides is 3. The van der Waals surface area contributed by atoms with Crippen molar-refractivity contribution < 1.29 is 8.78 Å². The monoisotopic (exact) mass is 177 g/mol. The minimum absolute atomic E-state index is 0.0769. The number of aromatic nitrogens is 1. The first-order chi connectivity index (χ1) is 5.25. The fourth-order valence-electron chi connectivity index (χ4n) is 0.760. The summed E-state index contributed by atoms with van der Waals surface area (Å²) in [6.07, 6.45) is -1.21. The summed E-state index contributed by atoms with van der Waals surface area (Å²) < 4.78 is 24.2. The highest BCUT2D eigenvalue weighted by Gasteiger charge is 2.12. The van der Waals surface area contributed by atoms with E-state index in [0.717, 1.165) is 0 Å². The Morgan fingerprint density at radius 3 is 2.73 bits per heavy atom. The van der Waals surface area contributed by atoms with Crippen LogP contribution in [-0.2, 0) is 5.88 Å². The molecule has 11 heavy (non-hydrogen) atoms. The van der Waals surface area contributed by atoms with Crippen LogP contribution < -0.4 is 0 Å². The van der Waals surface area contributed by atoms with Gasteiger partial charge in [-0.3, -0.25) is 4.98 Å². The average molecular weight is 178 g/mol. The third-order valence-electron chi connectivity index (χ3n) is 1.28. The van der Waals surface area contributed by atoms with Gasteiger partial charge >= 0.3 is 0 Å². The highest BCUT2D eigenvalue weighted by molar-refractivity contribution is 6.17. The molecule has 0 aliphatic heterocycles. The Labute approximate surface area is 68.0 Å². The molecule has 0 spiro atoms. The zero-order chi connectivity index (χ0) is 8.27. The summed E-state index contributed by atoms with van der Waals surface area (Å²) in [4.78, 5) is 3.51. The smallest absolute Gasteiger partial charge is 0.255 e. The van der Waals surface area contributed by atoms with Crippen molar-refractivity contribution in [2.24, 2.45) is 0 Å². The van der Waals surface area contributed by atoms with Crippen molar-refractivity contribution in [2.45, 2.75) is 12.3 Å². The van der Waals surface area contributed by atoms with Crippen molar-refractivity contribution in [1.29, 1.82) is 0 Å². The summed E-state index contributed by atoms with van der Waals surface area (Å²) in [5, 5.41) is 0. The molecule has 4 heteroatoms. The maximum absolute atomic E-state index is 12.1. The molecule has 1 aromatic rings. The van der Waals surface area contributed by atoms with Crippen molar-refractivity contribution in [2.75, 3.05) is 0 Å². The van der Waals surface area contributed by atoms with E-state index in [4.69, 9.17) is 11.6 Å². The van der Waals surface area contributed by atoms with Gasteiger partial charge in [0, 0.05) is 12.1 Å². The standard InChI is InChI=1S/C7H6ClF2N/c8-4-5-2-1-3-11-6(5)7(9)10/h1-3,7H,4H2. The summed E-state index contributed by atoms with van der Waals surface area (Å²) in [6, 6.07) is 3.13. The van der Waals surface area contributed by atoms with Crippen molar-refractivity contribution in [3.05, 3.63) is 29.6 Å². The molecule has 0 radical (unpaired) electrons. The van der Waals surface area contributed by atoms with Crippen molar-refractivity contribution in [3.63, 3.8) is 0 Å². The van der Waals surface area contributed by atoms with Gasteiger partial charge in [-0.15, -0.1) is 11.6 Å². The molecule has 0 N–H and O–H groups in total. The Balaban J connectivity index is 3.02. The van der Waals surface area contributed by atoms with Crippen LogP contribution >= 0.6 is 11.6 Å². The van der Waals surface area contributed by atoms with Gasteiger partial charge in [0.1, 0.15) is 5.69 Å². The number of rotatable bonds is 2. The predicted molar refractivity (Wildman–Crippen MR) is 38.8 cm³/mol. The van der Waals surface area contributed by atoms with E-state index >= 15 is 0 Å². The van der Waals surface area contributed by atoms with Gasteiger partial charge in [-0.25, -0.2) is 8.78 Å². The van der Waals surface area contributed by atoms with Gasteiger partial charge in [-0.2, -0.15) is 0 Å². The number of nitrogens with zero attached hydrogens (tertiary/aromatic N) is 1. The summed E-state index contributed by atoms with van der Waals surface area (Å²) >= 11 is 5.40. The van der Waals surface area contributed by atoms with E-state index in [1.165, 1.54) is 6.20 Å². The molecule has 0 bridgehead atoms. The first-order valence-corrected chi connectivity index (χ1v) is 3.57. The van der Waals surface area contributed by atoms with Crippen LogP contribution in [-0.4, -0.2) is 4.98 Å². The van der Waals surface area contributed by atoms with E-state index in [1.54, 1.807) is 12.1 Å². The molecule has 60 valence electrons. The molecule has 0 aromatic carbocycles. The van der Waals surface area contributed by atoms with Crippen molar-refractivity contribution in [1.82, 2.24) is 4.98 Å². The van der Waals surface area contributed by atoms with Crippen LogP contribution in [0.2, 0.25) is 0 Å². The molecule has 0 unspecified atom stereocenters. The molecular formula is C7H6ClF2N. The fourth-order valence-corrected chi connectivity index (χ4v) is 0.986. The first-order valence-electron chi connectivity index (χ1n) is 3.03. The van der Waals surface area contributed by atoms with Gasteiger partial charge in [0.05, 0.1) is 0 Å². The third kappa shape index (κ3) is 1.87. The van der Waals surface area contributed by atoms with Crippen LogP contribution in [0, 0.1) is 0 Å². The van der Waals surface area contributed by atoms with Gasteiger partial charge in [0.2, 0.25) is 0 Å². The van der Waals surface area contributed by atoms with E-state index < -0.39 is 6.43 Å². The molecule has 0 aliphatic carbocycles. The number of pyridine rings is 1. The molecule has 1 aromatic heterocycles. The van der Waals surface area contributed by atoms with E-state index in [1.807, 2.05) is 0 Å². The lowest BCUT2D eigenvalue weighted by Crippen LogP contribution is -1.94. The minimum atomic E-state index is -2.54. The van der Waals surface area contributed by atoms with E-state index in [9.17, 15) is 8.78 Å². The second kappa shape index (κ2) is 3.62. The van der Waals surface area contributed by atoms with Gasteiger partial charge in [-0.1, -0.05) is 6.07 Å². The molecule has 0 saturated carbocycles. The average Bonchev–Trinajstić information content (AvgIpc) is 2.04. The highest BCUT2D eigenvalue weighted by Crippen LogP contribution is 2.20. The summed E-state index contributed by atoms with van der Waals surface area (Å²) in [5.41, 5.74) is 0.173. The molecule has 0 saturated heterocycles. The Morgan fingerprint density at radius 1 is 1.55 bits per heavy atom. The van der Waals surface area contributed by atoms with Crippen LogP contribution in [0.25, 0.3) is 0 Å². The predicted octanol–water partition coefficient (Wildman–Crippen LogP) is 2.76. The summed E-state index contributed by atoms with van der Waals surface area (Å²) in [6.45, 7) is 0. The number of hydrogen-bond donors (Lipinski definition) is 0. The molecular weight excluding hydrogens is 172 g/mol. The topological polar surface area (TPSA) is 12.9 Å². The van der Waals surface area contributed by atoms with Crippen LogP contribution in [0.4, 0.5) is 8.78 Å². The molecule has 0 atom stereocenters. The van der Waals surface area contributed by atoms with E-state index in [0.29, 0.717) is 5.56 Å². The lowest BCUT2D eigenvalue weighted by Gasteiger charge is -2.02.